The van der Waals surface area contributed by atoms with Gasteiger partial charge in [0, 0.05) is 17.7 Å². The first-order valence-electron chi connectivity index (χ1n) is 8.83. The molecule has 3 aromatic rings. The Kier molecular flexibility index (Phi) is 4.66. The molecule has 146 valence electrons. The minimum absolute atomic E-state index is 0.107. The van der Waals surface area contributed by atoms with E-state index in [1.807, 2.05) is 6.07 Å². The second kappa shape index (κ2) is 7.16. The van der Waals surface area contributed by atoms with Crippen LogP contribution in [0, 0.1) is 18.3 Å². The lowest BCUT2D eigenvalue weighted by molar-refractivity contribution is 0.102. The van der Waals surface area contributed by atoms with Gasteiger partial charge in [0.15, 0.2) is 0 Å². The summed E-state index contributed by atoms with van der Waals surface area (Å²) in [5.74, 6) is -0.0522. The third-order valence-corrected chi connectivity index (χ3v) is 6.77. The van der Waals surface area contributed by atoms with Crippen molar-refractivity contribution in [1.29, 1.82) is 5.26 Å². The molecule has 1 amide bonds. The van der Waals surface area contributed by atoms with Crippen molar-refractivity contribution in [3.63, 3.8) is 0 Å². The first kappa shape index (κ1) is 18.9. The molecule has 2 aromatic carbocycles. The van der Waals surface area contributed by atoms with Crippen LogP contribution in [0.1, 0.15) is 32.7 Å². The summed E-state index contributed by atoms with van der Waals surface area (Å²) in [6.45, 7) is 1.99. The zero-order chi connectivity index (χ0) is 20.6. The minimum Gasteiger partial charge on any atom is -0.307 e. The average Bonchev–Trinajstić information content (AvgIpc) is 3.31. The van der Waals surface area contributed by atoms with Crippen LogP contribution in [0.5, 0.6) is 0 Å². The summed E-state index contributed by atoms with van der Waals surface area (Å²) < 4.78 is 27.4. The number of fused-ring (bicyclic) bond motifs is 1. The highest BCUT2D eigenvalue weighted by Gasteiger charge is 2.35. The maximum absolute atomic E-state index is 13.0. The van der Waals surface area contributed by atoms with E-state index in [1.54, 1.807) is 49.4 Å². The highest BCUT2D eigenvalue weighted by atomic mass is 32.2. The van der Waals surface area contributed by atoms with E-state index in [9.17, 15) is 13.2 Å². The highest BCUT2D eigenvalue weighted by Crippen LogP contribution is 2.32. The number of hydrogen-bond acceptors (Lipinski definition) is 5. The van der Waals surface area contributed by atoms with Gasteiger partial charge in [0.25, 0.3) is 5.91 Å². The van der Waals surface area contributed by atoms with Crippen LogP contribution in [0.2, 0.25) is 0 Å². The maximum Gasteiger partial charge on any atom is 0.256 e. The van der Waals surface area contributed by atoms with E-state index in [1.165, 1.54) is 10.4 Å². The van der Waals surface area contributed by atoms with E-state index < -0.39 is 15.9 Å². The molecule has 4 rings (SSSR count). The van der Waals surface area contributed by atoms with E-state index in [0.29, 0.717) is 33.8 Å². The molecule has 2 N–H and O–H groups in total. The Morgan fingerprint density at radius 2 is 2.00 bits per heavy atom. The molecular weight excluding hydrogens is 390 g/mol. The fourth-order valence-electron chi connectivity index (χ4n) is 3.28. The smallest absolute Gasteiger partial charge is 0.256 e. The average molecular weight is 407 g/mol. The number of carbonyl (C=O) groups excluding carboxylic acids is 1. The number of nitrogens with one attached hydrogen (secondary N) is 2. The maximum atomic E-state index is 13.0. The normalized spacial score (nSPS) is 13.7. The van der Waals surface area contributed by atoms with Crippen molar-refractivity contribution in [3.05, 3.63) is 76.5 Å². The summed E-state index contributed by atoms with van der Waals surface area (Å²) >= 11 is 0. The Hall–Kier alpha value is -3.48. The lowest BCUT2D eigenvalue weighted by atomic mass is 10.1. The molecule has 1 aromatic heterocycles. The number of nitriles is 1. The molecule has 0 saturated heterocycles. The van der Waals surface area contributed by atoms with Gasteiger partial charge in [-0.3, -0.25) is 9.89 Å². The standard InChI is InChI=1S/C20H17N5O3S/c1-13-5-2-3-8-18(13)29(27,28)25-11-16-17(12-25)23-24-19(16)22-20(26)15-7-4-6-14(9-15)10-21/h2-9H,11-12H2,1H3,(H2,22,23,24,26). The number of sulfonamides is 1. The number of aryl methyl sites for hydroxylation is 1. The second-order valence-electron chi connectivity index (χ2n) is 6.71. The number of amides is 1. The molecule has 1 aliphatic rings. The van der Waals surface area contributed by atoms with Crippen LogP contribution in [0.25, 0.3) is 0 Å². The predicted molar refractivity (Wildman–Crippen MR) is 105 cm³/mol. The Morgan fingerprint density at radius 3 is 2.76 bits per heavy atom. The molecular formula is C20H17N5O3S. The zero-order valence-corrected chi connectivity index (χ0v) is 16.3. The molecule has 0 radical (unpaired) electrons. The molecule has 8 nitrogen and oxygen atoms in total. The van der Waals surface area contributed by atoms with Gasteiger partial charge in [-0.05, 0) is 36.8 Å². The van der Waals surface area contributed by atoms with E-state index in [4.69, 9.17) is 5.26 Å². The van der Waals surface area contributed by atoms with Crippen LogP contribution in [-0.2, 0) is 23.1 Å². The molecule has 0 spiro atoms. The molecule has 2 heterocycles. The van der Waals surface area contributed by atoms with Gasteiger partial charge in [-0.25, -0.2) is 8.42 Å². The number of aromatic amines is 1. The van der Waals surface area contributed by atoms with Gasteiger partial charge in [0.1, 0.15) is 5.82 Å². The Balaban J connectivity index is 1.56. The van der Waals surface area contributed by atoms with E-state index in [0.717, 1.165) is 0 Å². The van der Waals surface area contributed by atoms with Crippen LogP contribution in [-0.4, -0.2) is 28.8 Å². The summed E-state index contributed by atoms with van der Waals surface area (Å²) in [4.78, 5) is 12.8. The fourth-order valence-corrected chi connectivity index (χ4v) is 4.87. The van der Waals surface area contributed by atoms with Gasteiger partial charge in [-0.1, -0.05) is 24.3 Å². The molecule has 29 heavy (non-hydrogen) atoms. The van der Waals surface area contributed by atoms with Crippen molar-refractivity contribution in [2.45, 2.75) is 24.9 Å². The summed E-state index contributed by atoms with van der Waals surface area (Å²) in [5, 5.41) is 18.6. The second-order valence-corrected chi connectivity index (χ2v) is 8.62. The Labute approximate surface area is 167 Å². The van der Waals surface area contributed by atoms with E-state index >= 15 is 0 Å². The first-order chi connectivity index (χ1) is 13.9. The number of hydrogen-bond donors (Lipinski definition) is 2. The van der Waals surface area contributed by atoms with Crippen molar-refractivity contribution in [1.82, 2.24) is 14.5 Å². The Bertz CT molecular complexity index is 1260. The van der Waals surface area contributed by atoms with Crippen LogP contribution < -0.4 is 5.32 Å². The topological polar surface area (TPSA) is 119 Å². The van der Waals surface area contributed by atoms with Crippen molar-refractivity contribution in [2.75, 3.05) is 5.32 Å². The predicted octanol–water partition coefficient (Wildman–Crippen LogP) is 2.55. The number of anilines is 1. The van der Waals surface area contributed by atoms with Crippen LogP contribution in [0.15, 0.2) is 53.4 Å². The SMILES string of the molecule is Cc1ccccc1S(=O)(=O)N1Cc2n[nH]c(NC(=O)c3cccc(C#N)c3)c2C1. The van der Waals surface area contributed by atoms with Gasteiger partial charge >= 0.3 is 0 Å². The van der Waals surface area contributed by atoms with Crippen LogP contribution >= 0.6 is 0 Å². The molecule has 9 heteroatoms. The summed E-state index contributed by atoms with van der Waals surface area (Å²) in [7, 11) is -3.68. The minimum atomic E-state index is -3.68. The van der Waals surface area contributed by atoms with Crippen LogP contribution in [0.3, 0.4) is 0 Å². The molecule has 1 aliphatic heterocycles. The molecule has 0 saturated carbocycles. The molecule has 0 fully saturated rings. The highest BCUT2D eigenvalue weighted by molar-refractivity contribution is 7.89. The number of nitrogens with zero attached hydrogens (tertiary/aromatic N) is 3. The number of benzene rings is 2. The van der Waals surface area contributed by atoms with Crippen molar-refractivity contribution >= 4 is 21.7 Å². The Morgan fingerprint density at radius 1 is 1.21 bits per heavy atom. The van der Waals surface area contributed by atoms with Gasteiger partial charge in [-0.15, -0.1) is 0 Å². The number of aromatic nitrogens is 2. The third-order valence-electron chi connectivity index (χ3n) is 4.82. The lowest BCUT2D eigenvalue weighted by Gasteiger charge is -2.17. The number of H-pyrrole nitrogens is 1. The first-order valence-corrected chi connectivity index (χ1v) is 10.3. The van der Waals surface area contributed by atoms with E-state index in [-0.39, 0.29) is 18.0 Å². The van der Waals surface area contributed by atoms with Gasteiger partial charge in [0.05, 0.1) is 28.8 Å². The monoisotopic (exact) mass is 407 g/mol. The van der Waals surface area contributed by atoms with Crippen molar-refractivity contribution < 1.29 is 13.2 Å². The molecule has 0 atom stereocenters. The van der Waals surface area contributed by atoms with Gasteiger partial charge in [0.2, 0.25) is 10.0 Å². The van der Waals surface area contributed by atoms with Gasteiger partial charge < -0.3 is 5.32 Å². The summed E-state index contributed by atoms with van der Waals surface area (Å²) in [6.07, 6.45) is 0. The molecule has 0 bridgehead atoms. The van der Waals surface area contributed by atoms with E-state index in [2.05, 4.69) is 15.5 Å². The zero-order valence-electron chi connectivity index (χ0n) is 15.5. The molecule has 0 aliphatic carbocycles. The molecule has 0 unspecified atom stereocenters. The van der Waals surface area contributed by atoms with Crippen LogP contribution in [0.4, 0.5) is 5.82 Å². The quantitative estimate of drug-likeness (QED) is 0.689. The summed E-state index contributed by atoms with van der Waals surface area (Å²) in [5.41, 5.74) is 2.58. The van der Waals surface area contributed by atoms with Crippen molar-refractivity contribution in [3.8, 4) is 6.07 Å². The number of carbonyl (C=O) groups is 1. The number of rotatable bonds is 4. The summed E-state index contributed by atoms with van der Waals surface area (Å²) in [6, 6.07) is 15.1. The fraction of sp³-hybridized carbons (Fsp3) is 0.150. The lowest BCUT2D eigenvalue weighted by Crippen LogP contribution is -2.27. The van der Waals surface area contributed by atoms with Gasteiger partial charge in [-0.2, -0.15) is 14.7 Å². The largest absolute Gasteiger partial charge is 0.307 e. The van der Waals surface area contributed by atoms with Crippen molar-refractivity contribution in [2.24, 2.45) is 0 Å². The third kappa shape index (κ3) is 3.40.